The highest BCUT2D eigenvalue weighted by Gasteiger charge is 2.29. The molecule has 1 amide bonds. The van der Waals surface area contributed by atoms with Crippen LogP contribution in [0.3, 0.4) is 0 Å². The molecule has 1 aliphatic heterocycles. The standard InChI is InChI=1S/C25H27N5O/c1-17-7-6-8-21(15-17)30-18(2)16-22(19(30)3)25(31)28-13-10-20(11-14-28)24-27-26-23-9-4-5-12-29(23)24/h4-9,12,15-16,20H,10-11,13-14H2,1-3H3. The zero-order chi connectivity index (χ0) is 21.5. The molecule has 0 saturated carbocycles. The van der Waals surface area contributed by atoms with Gasteiger partial charge >= 0.3 is 0 Å². The molecule has 6 heteroatoms. The molecule has 1 fully saturated rings. The van der Waals surface area contributed by atoms with Crippen LogP contribution in [0.4, 0.5) is 0 Å². The first-order chi connectivity index (χ1) is 15.0. The molecule has 31 heavy (non-hydrogen) atoms. The Balaban J connectivity index is 1.35. The predicted octanol–water partition coefficient (Wildman–Crippen LogP) is 4.47. The van der Waals surface area contributed by atoms with E-state index in [1.807, 2.05) is 42.3 Å². The number of pyridine rings is 1. The van der Waals surface area contributed by atoms with Gasteiger partial charge < -0.3 is 9.47 Å². The van der Waals surface area contributed by atoms with Gasteiger partial charge in [0, 0.05) is 42.3 Å². The summed E-state index contributed by atoms with van der Waals surface area (Å²) in [5.41, 5.74) is 6.06. The smallest absolute Gasteiger partial charge is 0.255 e. The third-order valence-electron chi connectivity index (χ3n) is 6.41. The summed E-state index contributed by atoms with van der Waals surface area (Å²) in [7, 11) is 0. The van der Waals surface area contributed by atoms with Crippen molar-refractivity contribution >= 4 is 11.6 Å². The molecule has 6 nitrogen and oxygen atoms in total. The molecule has 3 aromatic heterocycles. The van der Waals surface area contributed by atoms with Crippen LogP contribution < -0.4 is 0 Å². The van der Waals surface area contributed by atoms with Crippen LogP contribution in [-0.4, -0.2) is 43.1 Å². The van der Waals surface area contributed by atoms with Gasteiger partial charge in [0.2, 0.25) is 0 Å². The van der Waals surface area contributed by atoms with Crippen LogP contribution in [0.2, 0.25) is 0 Å². The number of benzene rings is 1. The van der Waals surface area contributed by atoms with E-state index in [0.29, 0.717) is 5.92 Å². The Bertz CT molecular complexity index is 1260. The van der Waals surface area contributed by atoms with E-state index < -0.39 is 0 Å². The molecule has 0 N–H and O–H groups in total. The molecular formula is C25H27N5O. The fourth-order valence-corrected chi connectivity index (χ4v) is 4.79. The number of hydrogen-bond donors (Lipinski definition) is 0. The van der Waals surface area contributed by atoms with E-state index in [1.165, 1.54) is 5.56 Å². The maximum atomic E-state index is 13.4. The first-order valence-corrected chi connectivity index (χ1v) is 10.9. The summed E-state index contributed by atoms with van der Waals surface area (Å²) in [6.45, 7) is 7.66. The van der Waals surface area contributed by atoms with E-state index in [4.69, 9.17) is 0 Å². The molecule has 158 valence electrons. The van der Waals surface area contributed by atoms with E-state index >= 15 is 0 Å². The Labute approximate surface area is 182 Å². The first kappa shape index (κ1) is 19.5. The number of piperidine rings is 1. The van der Waals surface area contributed by atoms with E-state index in [0.717, 1.165) is 60.0 Å². The summed E-state index contributed by atoms with van der Waals surface area (Å²) in [5.74, 6) is 1.44. The number of nitrogens with zero attached hydrogens (tertiary/aromatic N) is 5. The van der Waals surface area contributed by atoms with Gasteiger partial charge in [-0.25, -0.2) is 0 Å². The second kappa shape index (κ2) is 7.69. The van der Waals surface area contributed by atoms with Crippen molar-refractivity contribution in [1.82, 2.24) is 24.1 Å². The van der Waals surface area contributed by atoms with Gasteiger partial charge in [-0.05, 0) is 69.5 Å². The van der Waals surface area contributed by atoms with Crippen molar-refractivity contribution in [3.63, 3.8) is 0 Å². The number of likely N-dealkylation sites (tertiary alicyclic amines) is 1. The molecule has 0 atom stereocenters. The molecule has 1 aliphatic rings. The quantitative estimate of drug-likeness (QED) is 0.498. The normalized spacial score (nSPS) is 15.0. The monoisotopic (exact) mass is 413 g/mol. The maximum Gasteiger partial charge on any atom is 0.255 e. The van der Waals surface area contributed by atoms with Crippen molar-refractivity contribution in [2.45, 2.75) is 39.5 Å². The second-order valence-corrected chi connectivity index (χ2v) is 8.51. The molecular weight excluding hydrogens is 386 g/mol. The highest BCUT2D eigenvalue weighted by atomic mass is 16.2. The van der Waals surface area contributed by atoms with E-state index in [2.05, 4.69) is 57.3 Å². The summed E-state index contributed by atoms with van der Waals surface area (Å²) in [5, 5.41) is 8.71. The van der Waals surface area contributed by atoms with Crippen molar-refractivity contribution in [1.29, 1.82) is 0 Å². The van der Waals surface area contributed by atoms with Crippen molar-refractivity contribution in [3.05, 3.63) is 83.1 Å². The van der Waals surface area contributed by atoms with Gasteiger partial charge in [0.05, 0.1) is 5.56 Å². The summed E-state index contributed by atoms with van der Waals surface area (Å²) in [6.07, 6.45) is 3.82. The number of fused-ring (bicyclic) bond motifs is 1. The summed E-state index contributed by atoms with van der Waals surface area (Å²) in [6, 6.07) is 16.4. The Hall–Kier alpha value is -3.41. The molecule has 0 unspecified atom stereocenters. The second-order valence-electron chi connectivity index (χ2n) is 8.51. The third kappa shape index (κ3) is 3.42. The van der Waals surface area contributed by atoms with Crippen LogP contribution in [-0.2, 0) is 0 Å². The van der Waals surface area contributed by atoms with Gasteiger partial charge in [0.25, 0.3) is 5.91 Å². The van der Waals surface area contributed by atoms with E-state index in [9.17, 15) is 4.79 Å². The van der Waals surface area contributed by atoms with Crippen molar-refractivity contribution < 1.29 is 4.79 Å². The minimum absolute atomic E-state index is 0.122. The lowest BCUT2D eigenvalue weighted by molar-refractivity contribution is 0.0710. The lowest BCUT2D eigenvalue weighted by Crippen LogP contribution is -2.38. The summed E-state index contributed by atoms with van der Waals surface area (Å²) < 4.78 is 4.24. The average molecular weight is 414 g/mol. The number of carbonyl (C=O) groups excluding carboxylic acids is 1. The van der Waals surface area contributed by atoms with Crippen LogP contribution in [0.15, 0.2) is 54.7 Å². The van der Waals surface area contributed by atoms with E-state index in [-0.39, 0.29) is 5.91 Å². The summed E-state index contributed by atoms with van der Waals surface area (Å²) in [4.78, 5) is 15.4. The predicted molar refractivity (Wildman–Crippen MR) is 121 cm³/mol. The minimum atomic E-state index is 0.122. The molecule has 0 aliphatic carbocycles. The highest BCUT2D eigenvalue weighted by Crippen LogP contribution is 2.29. The van der Waals surface area contributed by atoms with Crippen LogP contribution >= 0.6 is 0 Å². The van der Waals surface area contributed by atoms with Crippen LogP contribution in [0.1, 0.15) is 51.9 Å². The van der Waals surface area contributed by atoms with Crippen molar-refractivity contribution in [2.24, 2.45) is 0 Å². The highest BCUT2D eigenvalue weighted by molar-refractivity contribution is 5.96. The zero-order valence-electron chi connectivity index (χ0n) is 18.2. The molecule has 1 aromatic carbocycles. The number of carbonyl (C=O) groups is 1. The number of aromatic nitrogens is 4. The fraction of sp³-hybridized carbons (Fsp3) is 0.320. The van der Waals surface area contributed by atoms with Crippen molar-refractivity contribution in [3.8, 4) is 5.69 Å². The fourth-order valence-electron chi connectivity index (χ4n) is 4.79. The Morgan fingerprint density at radius 3 is 2.55 bits per heavy atom. The molecule has 0 radical (unpaired) electrons. The number of hydrogen-bond acceptors (Lipinski definition) is 3. The van der Waals surface area contributed by atoms with Crippen molar-refractivity contribution in [2.75, 3.05) is 13.1 Å². The molecule has 5 rings (SSSR count). The largest absolute Gasteiger partial charge is 0.339 e. The molecule has 4 aromatic rings. The van der Waals surface area contributed by atoms with E-state index in [1.54, 1.807) is 0 Å². The summed E-state index contributed by atoms with van der Waals surface area (Å²) >= 11 is 0. The topological polar surface area (TPSA) is 55.4 Å². The first-order valence-electron chi connectivity index (χ1n) is 10.9. The van der Waals surface area contributed by atoms with Gasteiger partial charge in [0.15, 0.2) is 5.65 Å². The minimum Gasteiger partial charge on any atom is -0.339 e. The Kier molecular flexibility index (Phi) is 4.85. The average Bonchev–Trinajstić information content (AvgIpc) is 3.34. The number of aryl methyl sites for hydroxylation is 2. The van der Waals surface area contributed by atoms with Crippen LogP contribution in [0, 0.1) is 20.8 Å². The lowest BCUT2D eigenvalue weighted by atomic mass is 9.95. The van der Waals surface area contributed by atoms with Gasteiger partial charge in [0.1, 0.15) is 5.82 Å². The van der Waals surface area contributed by atoms with Crippen LogP contribution in [0.5, 0.6) is 0 Å². The SMILES string of the molecule is Cc1cccc(-n2c(C)cc(C(=O)N3CCC(c4nnc5ccccn45)CC3)c2C)c1. The van der Waals surface area contributed by atoms with Crippen LogP contribution in [0.25, 0.3) is 11.3 Å². The van der Waals surface area contributed by atoms with Gasteiger partial charge in [-0.15, -0.1) is 10.2 Å². The Morgan fingerprint density at radius 2 is 1.77 bits per heavy atom. The number of rotatable bonds is 3. The molecule has 1 saturated heterocycles. The number of amides is 1. The molecule has 0 spiro atoms. The molecule has 4 heterocycles. The molecule has 0 bridgehead atoms. The Morgan fingerprint density at radius 1 is 0.968 bits per heavy atom. The lowest BCUT2D eigenvalue weighted by Gasteiger charge is -2.31. The maximum absolute atomic E-state index is 13.4. The third-order valence-corrected chi connectivity index (χ3v) is 6.41. The zero-order valence-corrected chi connectivity index (χ0v) is 18.2. The van der Waals surface area contributed by atoms with Gasteiger partial charge in [-0.1, -0.05) is 18.2 Å². The van der Waals surface area contributed by atoms with Gasteiger partial charge in [-0.3, -0.25) is 9.20 Å². The van der Waals surface area contributed by atoms with Gasteiger partial charge in [-0.2, -0.15) is 0 Å².